The Bertz CT molecular complexity index is 280. The normalized spacial score (nSPS) is 10.7. The third kappa shape index (κ3) is 8.20. The van der Waals surface area contributed by atoms with Gasteiger partial charge in [-0.2, -0.15) is 0 Å². The molecule has 4 N–H and O–H groups in total. The molecule has 0 aliphatic rings. The van der Waals surface area contributed by atoms with Gasteiger partial charge >= 0.3 is 0 Å². The van der Waals surface area contributed by atoms with E-state index in [2.05, 4.69) is 22.8 Å². The van der Waals surface area contributed by atoms with Crippen LogP contribution in [0.1, 0.15) is 18.4 Å². The lowest BCUT2D eigenvalue weighted by Gasteiger charge is -2.07. The van der Waals surface area contributed by atoms with Crippen molar-refractivity contribution in [2.24, 2.45) is 5.73 Å². The topological polar surface area (TPSA) is 59.3 Å². The van der Waals surface area contributed by atoms with Gasteiger partial charge in [0.25, 0.3) is 0 Å². The molecule has 1 aromatic rings. The van der Waals surface area contributed by atoms with E-state index in [1.807, 2.05) is 18.2 Å². The summed E-state index contributed by atoms with van der Waals surface area (Å²) in [5.41, 5.74) is 6.61. The van der Waals surface area contributed by atoms with Crippen LogP contribution in [0, 0.1) is 0 Å². The summed E-state index contributed by atoms with van der Waals surface area (Å²) in [4.78, 5) is 0. The second-order valence-corrected chi connectivity index (χ2v) is 4.22. The second kappa shape index (κ2) is 11.2. The van der Waals surface area contributed by atoms with Gasteiger partial charge in [0.2, 0.25) is 0 Å². The maximum atomic E-state index is 5.52. The quantitative estimate of drug-likeness (QED) is 0.407. The van der Waals surface area contributed by atoms with Gasteiger partial charge in [-0.05, 0) is 44.6 Å². The predicted octanol–water partition coefficient (Wildman–Crippen LogP) is 1.08. The lowest BCUT2D eigenvalue weighted by atomic mass is 10.2. The van der Waals surface area contributed by atoms with Gasteiger partial charge in [0.05, 0.1) is 13.3 Å². The molecule has 0 aliphatic carbocycles. The smallest absolute Gasteiger partial charge is 0.0969 e. The molecule has 0 saturated carbocycles. The van der Waals surface area contributed by atoms with Crippen molar-refractivity contribution in [3.63, 3.8) is 0 Å². The fourth-order valence-corrected chi connectivity index (χ4v) is 1.58. The van der Waals surface area contributed by atoms with Crippen molar-refractivity contribution in [1.29, 1.82) is 0 Å². The molecule has 0 radical (unpaired) electrons. The highest BCUT2D eigenvalue weighted by Gasteiger charge is 1.92. The Morgan fingerprint density at radius 1 is 0.944 bits per heavy atom. The van der Waals surface area contributed by atoms with Crippen LogP contribution in [0.15, 0.2) is 30.3 Å². The molecular weight excluding hydrogens is 226 g/mol. The zero-order valence-electron chi connectivity index (χ0n) is 11.0. The molecule has 0 aliphatic heterocycles. The molecule has 102 valence electrons. The lowest BCUT2D eigenvalue weighted by molar-refractivity contribution is 0.103. The molecule has 4 heteroatoms. The molecule has 0 amide bonds. The predicted molar refractivity (Wildman–Crippen MR) is 75.3 cm³/mol. The Hall–Kier alpha value is -0.940. The van der Waals surface area contributed by atoms with E-state index in [1.165, 1.54) is 5.56 Å². The highest BCUT2D eigenvalue weighted by molar-refractivity contribution is 5.13. The Labute approximate surface area is 110 Å². The van der Waals surface area contributed by atoms with E-state index in [9.17, 15) is 0 Å². The van der Waals surface area contributed by atoms with Gasteiger partial charge in [-0.25, -0.2) is 0 Å². The van der Waals surface area contributed by atoms with E-state index >= 15 is 0 Å². The molecule has 0 bridgehead atoms. The van der Waals surface area contributed by atoms with Gasteiger partial charge in [-0.15, -0.1) is 0 Å². The molecule has 1 aromatic carbocycles. The summed E-state index contributed by atoms with van der Waals surface area (Å²) in [7, 11) is 0. The fourth-order valence-electron chi connectivity index (χ4n) is 1.58. The molecule has 18 heavy (non-hydrogen) atoms. The first-order valence-electron chi connectivity index (χ1n) is 6.66. The van der Waals surface area contributed by atoms with Gasteiger partial charge in [-0.1, -0.05) is 30.3 Å². The van der Waals surface area contributed by atoms with Crippen molar-refractivity contribution < 1.29 is 4.74 Å². The average molecular weight is 251 g/mol. The molecule has 0 fully saturated rings. The number of ether oxygens (including phenoxy) is 1. The molecule has 0 atom stereocenters. The molecular formula is C14H25N3O. The summed E-state index contributed by atoms with van der Waals surface area (Å²) in [5, 5.41) is 6.60. The summed E-state index contributed by atoms with van der Waals surface area (Å²) in [6.07, 6.45) is 2.16. The van der Waals surface area contributed by atoms with Crippen molar-refractivity contribution in [2.45, 2.75) is 19.4 Å². The van der Waals surface area contributed by atoms with E-state index in [4.69, 9.17) is 10.5 Å². The molecule has 0 heterocycles. The molecule has 0 unspecified atom stereocenters. The Balaban J connectivity index is 1.82. The molecule has 0 aromatic heterocycles. The van der Waals surface area contributed by atoms with Crippen LogP contribution >= 0.6 is 0 Å². The van der Waals surface area contributed by atoms with Gasteiger partial charge in [0.1, 0.15) is 0 Å². The SMILES string of the molecule is NCCCNCCCNCOCc1ccccc1. The molecule has 4 nitrogen and oxygen atoms in total. The first-order valence-corrected chi connectivity index (χ1v) is 6.66. The van der Waals surface area contributed by atoms with Crippen LogP contribution in [0.3, 0.4) is 0 Å². The van der Waals surface area contributed by atoms with E-state index in [0.29, 0.717) is 13.3 Å². The van der Waals surface area contributed by atoms with E-state index in [0.717, 1.165) is 39.0 Å². The van der Waals surface area contributed by atoms with Gasteiger partial charge < -0.3 is 15.8 Å². The minimum Gasteiger partial charge on any atom is -0.362 e. The van der Waals surface area contributed by atoms with E-state index < -0.39 is 0 Å². The highest BCUT2D eigenvalue weighted by Crippen LogP contribution is 1.99. The summed E-state index contributed by atoms with van der Waals surface area (Å²) in [5.74, 6) is 0. The van der Waals surface area contributed by atoms with Crippen molar-refractivity contribution in [2.75, 3.05) is 32.9 Å². The molecule has 1 rings (SSSR count). The second-order valence-electron chi connectivity index (χ2n) is 4.22. The summed E-state index contributed by atoms with van der Waals surface area (Å²) in [6, 6.07) is 10.2. The minimum absolute atomic E-state index is 0.609. The number of hydrogen-bond donors (Lipinski definition) is 3. The van der Waals surface area contributed by atoms with Crippen LogP contribution < -0.4 is 16.4 Å². The monoisotopic (exact) mass is 251 g/mol. The zero-order valence-corrected chi connectivity index (χ0v) is 11.0. The minimum atomic E-state index is 0.609. The Morgan fingerprint density at radius 2 is 1.67 bits per heavy atom. The molecule has 0 spiro atoms. The maximum Gasteiger partial charge on any atom is 0.0969 e. The van der Waals surface area contributed by atoms with E-state index in [-0.39, 0.29) is 0 Å². The van der Waals surface area contributed by atoms with Crippen molar-refractivity contribution in [1.82, 2.24) is 10.6 Å². The van der Waals surface area contributed by atoms with Crippen LogP contribution in [0.2, 0.25) is 0 Å². The molecule has 0 saturated heterocycles. The number of benzene rings is 1. The van der Waals surface area contributed by atoms with Crippen molar-refractivity contribution in [3.8, 4) is 0 Å². The first-order chi connectivity index (χ1) is 8.93. The zero-order chi connectivity index (χ0) is 12.9. The standard InChI is InChI=1S/C14H25N3O/c15-8-4-9-16-10-5-11-17-13-18-12-14-6-2-1-3-7-14/h1-3,6-7,16-17H,4-5,8-13,15H2. The van der Waals surface area contributed by atoms with Crippen molar-refractivity contribution in [3.05, 3.63) is 35.9 Å². The highest BCUT2D eigenvalue weighted by atomic mass is 16.5. The largest absolute Gasteiger partial charge is 0.362 e. The Morgan fingerprint density at radius 3 is 2.44 bits per heavy atom. The van der Waals surface area contributed by atoms with Crippen LogP contribution in [0.4, 0.5) is 0 Å². The summed E-state index contributed by atoms with van der Waals surface area (Å²) in [6.45, 7) is 5.07. The van der Waals surface area contributed by atoms with Crippen molar-refractivity contribution >= 4 is 0 Å². The number of rotatable bonds is 11. The van der Waals surface area contributed by atoms with Crippen LogP contribution in [-0.4, -0.2) is 32.9 Å². The maximum absolute atomic E-state index is 5.52. The summed E-state index contributed by atoms with van der Waals surface area (Å²) < 4.78 is 5.52. The van der Waals surface area contributed by atoms with E-state index in [1.54, 1.807) is 0 Å². The van der Waals surface area contributed by atoms with Crippen LogP contribution in [-0.2, 0) is 11.3 Å². The van der Waals surface area contributed by atoms with Crippen LogP contribution in [0.25, 0.3) is 0 Å². The van der Waals surface area contributed by atoms with Gasteiger partial charge in [-0.3, -0.25) is 5.32 Å². The Kier molecular flexibility index (Phi) is 9.38. The lowest BCUT2D eigenvalue weighted by Crippen LogP contribution is -2.25. The third-order valence-corrected chi connectivity index (χ3v) is 2.58. The number of nitrogens with two attached hydrogens (primary N) is 1. The summed E-state index contributed by atoms with van der Waals surface area (Å²) >= 11 is 0. The average Bonchev–Trinajstić information content (AvgIpc) is 2.42. The van der Waals surface area contributed by atoms with Gasteiger partial charge in [0.15, 0.2) is 0 Å². The fraction of sp³-hybridized carbons (Fsp3) is 0.571. The first kappa shape index (κ1) is 15.1. The van der Waals surface area contributed by atoms with Crippen LogP contribution in [0.5, 0.6) is 0 Å². The number of hydrogen-bond acceptors (Lipinski definition) is 4. The number of nitrogens with one attached hydrogen (secondary N) is 2. The van der Waals surface area contributed by atoms with Gasteiger partial charge in [0, 0.05) is 0 Å². The third-order valence-electron chi connectivity index (χ3n) is 2.58.